The number of fused-ring (bicyclic) bond motifs is 1. The van der Waals surface area contributed by atoms with Gasteiger partial charge in [0.05, 0.1) is 7.11 Å². The van der Waals surface area contributed by atoms with Crippen LogP contribution in [0, 0.1) is 6.92 Å². The molecular formula is C27H36N4O2S. The van der Waals surface area contributed by atoms with Gasteiger partial charge in [-0.1, -0.05) is 18.7 Å². The first-order valence-electron chi connectivity index (χ1n) is 11.9. The van der Waals surface area contributed by atoms with Gasteiger partial charge in [0.15, 0.2) is 0 Å². The normalized spacial score (nSPS) is 16.9. The summed E-state index contributed by atoms with van der Waals surface area (Å²) in [5, 5.41) is 0. The molecule has 0 radical (unpaired) electrons. The number of piperazine rings is 1. The molecule has 2 aliphatic heterocycles. The van der Waals surface area contributed by atoms with Crippen LogP contribution in [0.5, 0.6) is 5.75 Å². The lowest BCUT2D eigenvalue weighted by molar-refractivity contribution is -0.130. The highest BCUT2D eigenvalue weighted by atomic mass is 32.2. The Morgan fingerprint density at radius 3 is 2.53 bits per heavy atom. The zero-order chi connectivity index (χ0) is 24.2. The number of nitrogens with zero attached hydrogens (tertiary/aromatic N) is 4. The predicted molar refractivity (Wildman–Crippen MR) is 141 cm³/mol. The molecule has 1 saturated heterocycles. The second-order valence-corrected chi connectivity index (χ2v) is 10.4. The molecule has 1 fully saturated rings. The number of carbonyl (C=O) groups excluding carboxylic acids is 1. The molecular weight excluding hydrogens is 444 g/mol. The van der Waals surface area contributed by atoms with Crippen molar-refractivity contribution in [2.24, 2.45) is 0 Å². The van der Waals surface area contributed by atoms with E-state index >= 15 is 0 Å². The Labute approximate surface area is 208 Å². The second-order valence-electron chi connectivity index (χ2n) is 9.34. The lowest BCUT2D eigenvalue weighted by Crippen LogP contribution is -2.44. The first kappa shape index (κ1) is 24.6. The van der Waals surface area contributed by atoms with E-state index in [1.165, 1.54) is 16.1 Å². The Hall–Kier alpha value is -2.48. The fraction of sp³-hybridized carbons (Fsp3) is 0.444. The summed E-state index contributed by atoms with van der Waals surface area (Å²) in [6.07, 6.45) is 0.487. The number of rotatable bonds is 7. The van der Waals surface area contributed by atoms with Crippen molar-refractivity contribution in [2.45, 2.75) is 24.8 Å². The Morgan fingerprint density at radius 1 is 1.15 bits per heavy atom. The zero-order valence-corrected chi connectivity index (χ0v) is 21.7. The first-order valence-corrected chi connectivity index (χ1v) is 12.7. The van der Waals surface area contributed by atoms with Gasteiger partial charge in [0.2, 0.25) is 5.91 Å². The van der Waals surface area contributed by atoms with Crippen molar-refractivity contribution in [3.8, 4) is 5.75 Å². The molecule has 7 heteroatoms. The fourth-order valence-electron chi connectivity index (χ4n) is 4.48. The van der Waals surface area contributed by atoms with E-state index in [1.807, 2.05) is 11.9 Å². The van der Waals surface area contributed by atoms with Crippen LogP contribution in [0.1, 0.15) is 23.1 Å². The Morgan fingerprint density at radius 2 is 1.85 bits per heavy atom. The maximum absolute atomic E-state index is 12.9. The fourth-order valence-corrected chi connectivity index (χ4v) is 5.64. The maximum atomic E-state index is 12.9. The van der Waals surface area contributed by atoms with E-state index in [0.29, 0.717) is 19.5 Å². The smallest absolute Gasteiger partial charge is 0.223 e. The number of likely N-dealkylation sites (N-methyl/N-ethyl adjacent to an activating group) is 1. The van der Waals surface area contributed by atoms with Crippen molar-refractivity contribution in [2.75, 3.05) is 65.4 Å². The van der Waals surface area contributed by atoms with E-state index in [1.54, 1.807) is 19.1 Å². The summed E-state index contributed by atoms with van der Waals surface area (Å²) in [5.74, 6) is 1.02. The molecule has 1 amide bonds. The van der Waals surface area contributed by atoms with Gasteiger partial charge in [0.25, 0.3) is 0 Å². The number of amides is 1. The van der Waals surface area contributed by atoms with Crippen molar-refractivity contribution in [3.63, 3.8) is 0 Å². The lowest BCUT2D eigenvalue weighted by atomic mass is 10.0. The highest BCUT2D eigenvalue weighted by Gasteiger charge is 2.24. The molecule has 2 aromatic rings. The van der Waals surface area contributed by atoms with Crippen molar-refractivity contribution in [1.82, 2.24) is 14.1 Å². The van der Waals surface area contributed by atoms with Crippen LogP contribution in [0.2, 0.25) is 0 Å². The van der Waals surface area contributed by atoms with Gasteiger partial charge in [0.1, 0.15) is 5.75 Å². The number of anilines is 1. The number of methoxy groups -OCH3 is 1. The number of carbonyl (C=O) groups is 1. The van der Waals surface area contributed by atoms with Crippen LogP contribution in [-0.4, -0.2) is 80.5 Å². The van der Waals surface area contributed by atoms with Gasteiger partial charge < -0.3 is 19.4 Å². The average Bonchev–Trinajstić information content (AvgIpc) is 2.84. The monoisotopic (exact) mass is 480 g/mol. The molecule has 182 valence electrons. The Bertz CT molecular complexity index is 1030. The molecule has 34 heavy (non-hydrogen) atoms. The highest BCUT2D eigenvalue weighted by Crippen LogP contribution is 2.41. The molecule has 0 atom stereocenters. The third-order valence-electron chi connectivity index (χ3n) is 6.68. The van der Waals surface area contributed by atoms with Gasteiger partial charge >= 0.3 is 0 Å². The maximum Gasteiger partial charge on any atom is 0.223 e. The van der Waals surface area contributed by atoms with Gasteiger partial charge in [-0.15, -0.1) is 0 Å². The molecule has 0 bridgehead atoms. The molecule has 0 aromatic heterocycles. The summed E-state index contributed by atoms with van der Waals surface area (Å²) in [7, 11) is 5.76. The third-order valence-corrected chi connectivity index (χ3v) is 7.97. The van der Waals surface area contributed by atoms with Crippen molar-refractivity contribution in [1.29, 1.82) is 0 Å². The summed E-state index contributed by atoms with van der Waals surface area (Å²) >= 11 is 1.72. The van der Waals surface area contributed by atoms with E-state index in [0.717, 1.165) is 55.2 Å². The number of aryl methyl sites for hydroxylation is 1. The molecule has 0 N–H and O–H groups in total. The molecule has 6 nitrogen and oxygen atoms in total. The van der Waals surface area contributed by atoms with E-state index in [4.69, 9.17) is 4.74 Å². The average molecular weight is 481 g/mol. The van der Waals surface area contributed by atoms with Crippen molar-refractivity contribution < 1.29 is 9.53 Å². The van der Waals surface area contributed by atoms with Gasteiger partial charge in [-0.2, -0.15) is 0 Å². The first-order chi connectivity index (χ1) is 16.3. The number of ether oxygens (including phenoxy) is 1. The molecule has 4 rings (SSSR count). The predicted octanol–water partition coefficient (Wildman–Crippen LogP) is 4.14. The summed E-state index contributed by atoms with van der Waals surface area (Å²) in [5.41, 5.74) is 5.82. The Balaban J connectivity index is 1.28. The van der Waals surface area contributed by atoms with Crippen molar-refractivity contribution >= 4 is 29.1 Å². The molecule has 0 saturated carbocycles. The number of hydrogen-bond donors (Lipinski definition) is 0. The topological polar surface area (TPSA) is 39.3 Å². The van der Waals surface area contributed by atoms with Crippen LogP contribution >= 0.6 is 11.9 Å². The van der Waals surface area contributed by atoms with E-state index in [2.05, 4.69) is 71.1 Å². The largest absolute Gasteiger partial charge is 0.497 e. The summed E-state index contributed by atoms with van der Waals surface area (Å²) in [6.45, 7) is 12.8. The second kappa shape index (κ2) is 10.8. The molecule has 2 heterocycles. The van der Waals surface area contributed by atoms with E-state index in [-0.39, 0.29) is 5.91 Å². The minimum absolute atomic E-state index is 0.159. The Kier molecular flexibility index (Phi) is 7.86. The lowest BCUT2D eigenvalue weighted by Gasteiger charge is -2.34. The highest BCUT2D eigenvalue weighted by molar-refractivity contribution is 7.97. The zero-order valence-electron chi connectivity index (χ0n) is 20.8. The van der Waals surface area contributed by atoms with Gasteiger partial charge in [0, 0.05) is 69.9 Å². The molecule has 2 aromatic carbocycles. The van der Waals surface area contributed by atoms with Gasteiger partial charge in [-0.25, -0.2) is 4.31 Å². The standard InChI is InChI=1S/C27H36N4O2S/c1-20-16-24(33-5)17-25-21(2)18-31(34-27(20)25)11-10-26(32)29(4)19-22-6-8-23(9-7-22)30-14-12-28(3)13-15-30/h6-9,16-17H,2,10-15,18-19H2,1,3-5H3. The number of benzene rings is 2. The van der Waals surface area contributed by atoms with Crippen LogP contribution in [0.25, 0.3) is 5.57 Å². The van der Waals surface area contributed by atoms with Crippen molar-refractivity contribution in [3.05, 3.63) is 59.7 Å². The SMILES string of the molecule is C=C1CN(CCC(=O)N(C)Cc2ccc(N3CCN(C)CC3)cc2)Sc2c(C)cc(OC)cc21. The molecule has 2 aliphatic rings. The molecule has 0 spiro atoms. The third kappa shape index (κ3) is 5.77. The molecule has 0 aliphatic carbocycles. The minimum atomic E-state index is 0.159. The minimum Gasteiger partial charge on any atom is -0.497 e. The summed E-state index contributed by atoms with van der Waals surface area (Å²) in [4.78, 5) is 20.7. The van der Waals surface area contributed by atoms with Crippen LogP contribution in [0.3, 0.4) is 0 Å². The quantitative estimate of drug-likeness (QED) is 0.555. The summed E-state index contributed by atoms with van der Waals surface area (Å²) in [6, 6.07) is 12.8. The number of hydrogen-bond acceptors (Lipinski definition) is 6. The van der Waals surface area contributed by atoms with Crippen LogP contribution in [0.15, 0.2) is 47.9 Å². The van der Waals surface area contributed by atoms with E-state index in [9.17, 15) is 4.79 Å². The van der Waals surface area contributed by atoms with Gasteiger partial charge in [-0.3, -0.25) is 4.79 Å². The van der Waals surface area contributed by atoms with Crippen LogP contribution < -0.4 is 9.64 Å². The summed E-state index contributed by atoms with van der Waals surface area (Å²) < 4.78 is 7.65. The van der Waals surface area contributed by atoms with E-state index < -0.39 is 0 Å². The molecule has 0 unspecified atom stereocenters. The van der Waals surface area contributed by atoms with Crippen LogP contribution in [0.4, 0.5) is 5.69 Å². The van der Waals surface area contributed by atoms with Crippen LogP contribution in [-0.2, 0) is 11.3 Å². The van der Waals surface area contributed by atoms with Gasteiger partial charge in [-0.05, 0) is 72.4 Å².